The van der Waals surface area contributed by atoms with Crippen molar-refractivity contribution in [3.63, 3.8) is 0 Å². The van der Waals surface area contributed by atoms with Crippen molar-refractivity contribution >= 4 is 0 Å². The van der Waals surface area contributed by atoms with Crippen LogP contribution in [0.15, 0.2) is 72.8 Å². The number of hydrogen-bond donors (Lipinski definition) is 0. The normalized spacial score (nSPS) is 11.9. The minimum absolute atomic E-state index is 0.195. The molecule has 2 nitrogen and oxygen atoms in total. The molecule has 164 valence electrons. The topological polar surface area (TPSA) is 18.5 Å². The van der Waals surface area contributed by atoms with Gasteiger partial charge in [0.15, 0.2) is 0 Å². The first-order valence-corrected chi connectivity index (χ1v) is 9.99. The van der Waals surface area contributed by atoms with Crippen LogP contribution in [0, 0.1) is 5.82 Å². The van der Waals surface area contributed by atoms with Gasteiger partial charge in [0.1, 0.15) is 23.1 Å². The zero-order chi connectivity index (χ0) is 22.5. The van der Waals surface area contributed by atoms with E-state index in [2.05, 4.69) is 18.6 Å². The van der Waals surface area contributed by atoms with Crippen molar-refractivity contribution in [2.75, 3.05) is 0 Å². The van der Waals surface area contributed by atoms with E-state index < -0.39 is 6.36 Å². The van der Waals surface area contributed by atoms with Crippen molar-refractivity contribution in [2.45, 2.75) is 44.9 Å². The fraction of sp³-hybridized carbons (Fsp3) is 0.280. The molecule has 0 aliphatic carbocycles. The van der Waals surface area contributed by atoms with Crippen molar-refractivity contribution in [1.29, 1.82) is 0 Å². The number of benzene rings is 3. The highest BCUT2D eigenvalue weighted by Crippen LogP contribution is 2.32. The second-order valence-electron chi connectivity index (χ2n) is 8.01. The first kappa shape index (κ1) is 22.7. The standard InChI is InChI=1S/C25H24F4O2/c1-24(2,19-8-12-22(13-9-19)31-25(27,28)29)16-4-6-18-5-3-7-23(17-18)30-21-14-10-20(26)11-15-21/h3,5,7-15,17H,4,6,16H2,1-2H3. The lowest BCUT2D eigenvalue weighted by Crippen LogP contribution is -2.19. The summed E-state index contributed by atoms with van der Waals surface area (Å²) in [7, 11) is 0. The molecule has 0 saturated carbocycles. The Morgan fingerprint density at radius 3 is 2.06 bits per heavy atom. The van der Waals surface area contributed by atoms with Crippen LogP contribution in [0.25, 0.3) is 0 Å². The number of halogens is 4. The molecule has 0 radical (unpaired) electrons. The molecular weight excluding hydrogens is 408 g/mol. The SMILES string of the molecule is CC(C)(CCCc1cccc(Oc2ccc(F)cc2)c1)c1ccc(OC(F)(F)F)cc1. The first-order valence-electron chi connectivity index (χ1n) is 9.99. The molecule has 6 heteroatoms. The summed E-state index contributed by atoms with van der Waals surface area (Å²) in [5.41, 5.74) is 1.87. The first-order chi connectivity index (χ1) is 14.6. The van der Waals surface area contributed by atoms with Gasteiger partial charge < -0.3 is 9.47 Å². The molecule has 3 aromatic carbocycles. The zero-order valence-corrected chi connectivity index (χ0v) is 17.4. The summed E-state index contributed by atoms with van der Waals surface area (Å²) < 4.78 is 59.7. The van der Waals surface area contributed by atoms with Crippen LogP contribution in [0.4, 0.5) is 17.6 Å². The van der Waals surface area contributed by atoms with E-state index in [-0.39, 0.29) is 17.0 Å². The molecule has 0 bridgehead atoms. The van der Waals surface area contributed by atoms with Gasteiger partial charge in [-0.1, -0.05) is 38.1 Å². The summed E-state index contributed by atoms with van der Waals surface area (Å²) in [5, 5.41) is 0. The highest BCUT2D eigenvalue weighted by molar-refractivity contribution is 5.34. The van der Waals surface area contributed by atoms with E-state index in [0.717, 1.165) is 30.4 Å². The van der Waals surface area contributed by atoms with Crippen LogP contribution in [-0.2, 0) is 11.8 Å². The van der Waals surface area contributed by atoms with Crippen molar-refractivity contribution in [1.82, 2.24) is 0 Å². The molecule has 0 aliphatic heterocycles. The molecule has 31 heavy (non-hydrogen) atoms. The Balaban J connectivity index is 1.55. The lowest BCUT2D eigenvalue weighted by atomic mass is 9.80. The van der Waals surface area contributed by atoms with Gasteiger partial charge in [0.05, 0.1) is 0 Å². The Kier molecular flexibility index (Phi) is 6.88. The summed E-state index contributed by atoms with van der Waals surface area (Å²) in [6.45, 7) is 4.14. The Labute approximate surface area is 179 Å². The summed E-state index contributed by atoms with van der Waals surface area (Å²) in [4.78, 5) is 0. The monoisotopic (exact) mass is 432 g/mol. The molecule has 0 aliphatic rings. The maximum Gasteiger partial charge on any atom is 0.573 e. The fourth-order valence-electron chi connectivity index (χ4n) is 3.39. The van der Waals surface area contributed by atoms with E-state index in [1.165, 1.54) is 24.3 Å². The van der Waals surface area contributed by atoms with Gasteiger partial charge in [-0.25, -0.2) is 4.39 Å². The predicted octanol–water partition coefficient (Wildman–Crippen LogP) is 7.82. The van der Waals surface area contributed by atoms with Crippen LogP contribution in [0.1, 0.15) is 37.8 Å². The Bertz CT molecular complexity index is 978. The van der Waals surface area contributed by atoms with Crippen molar-refractivity contribution in [3.05, 3.63) is 89.7 Å². The minimum atomic E-state index is -4.69. The van der Waals surface area contributed by atoms with Gasteiger partial charge in [0.25, 0.3) is 0 Å². The highest BCUT2D eigenvalue weighted by atomic mass is 19.4. The van der Waals surface area contributed by atoms with Crippen molar-refractivity contribution in [3.8, 4) is 17.2 Å². The number of rotatable bonds is 8. The van der Waals surface area contributed by atoms with Crippen LogP contribution in [0.2, 0.25) is 0 Å². The second kappa shape index (κ2) is 9.41. The van der Waals surface area contributed by atoms with Crippen molar-refractivity contribution < 1.29 is 27.0 Å². The lowest BCUT2D eigenvalue weighted by molar-refractivity contribution is -0.274. The molecule has 0 spiro atoms. The Morgan fingerprint density at radius 1 is 0.774 bits per heavy atom. The van der Waals surface area contributed by atoms with Crippen LogP contribution in [-0.4, -0.2) is 6.36 Å². The average molecular weight is 432 g/mol. The minimum Gasteiger partial charge on any atom is -0.457 e. The van der Waals surface area contributed by atoms with Crippen molar-refractivity contribution in [2.24, 2.45) is 0 Å². The number of aryl methyl sites for hydroxylation is 1. The average Bonchev–Trinajstić information content (AvgIpc) is 2.69. The van der Waals surface area contributed by atoms with E-state index in [1.807, 2.05) is 24.3 Å². The van der Waals surface area contributed by atoms with Crippen LogP contribution >= 0.6 is 0 Å². The van der Waals surface area contributed by atoms with E-state index >= 15 is 0 Å². The van der Waals surface area contributed by atoms with Gasteiger partial charge >= 0.3 is 6.36 Å². The molecule has 0 saturated heterocycles. The molecule has 0 unspecified atom stereocenters. The third-order valence-electron chi connectivity index (χ3n) is 5.08. The molecule has 0 N–H and O–H groups in total. The molecule has 0 heterocycles. The molecule has 3 rings (SSSR count). The lowest BCUT2D eigenvalue weighted by Gasteiger charge is -2.25. The molecule has 3 aromatic rings. The van der Waals surface area contributed by atoms with E-state index in [0.29, 0.717) is 11.5 Å². The molecule has 0 amide bonds. The summed E-state index contributed by atoms with van der Waals surface area (Å²) in [6, 6.07) is 19.7. The molecule has 0 atom stereocenters. The smallest absolute Gasteiger partial charge is 0.457 e. The van der Waals surface area contributed by atoms with Crippen LogP contribution < -0.4 is 9.47 Å². The maximum atomic E-state index is 13.0. The zero-order valence-electron chi connectivity index (χ0n) is 17.4. The summed E-state index contributed by atoms with van der Waals surface area (Å²) in [5.74, 6) is 0.720. The van der Waals surface area contributed by atoms with Gasteiger partial charge in [-0.2, -0.15) is 0 Å². The third-order valence-corrected chi connectivity index (χ3v) is 5.08. The predicted molar refractivity (Wildman–Crippen MR) is 112 cm³/mol. The van der Waals surface area contributed by atoms with Gasteiger partial charge in [-0.15, -0.1) is 13.2 Å². The van der Waals surface area contributed by atoms with E-state index in [1.54, 1.807) is 24.3 Å². The number of ether oxygens (including phenoxy) is 2. The van der Waals surface area contributed by atoms with Crippen LogP contribution in [0.5, 0.6) is 17.2 Å². The van der Waals surface area contributed by atoms with E-state index in [9.17, 15) is 17.6 Å². The van der Waals surface area contributed by atoms with Gasteiger partial charge in [-0.05, 0) is 84.3 Å². The Hall–Kier alpha value is -3.02. The fourth-order valence-corrected chi connectivity index (χ4v) is 3.39. The van der Waals surface area contributed by atoms with Crippen LogP contribution in [0.3, 0.4) is 0 Å². The van der Waals surface area contributed by atoms with Gasteiger partial charge in [0, 0.05) is 0 Å². The molecular formula is C25H24F4O2. The molecule has 0 aromatic heterocycles. The highest BCUT2D eigenvalue weighted by Gasteiger charge is 2.31. The second-order valence-corrected chi connectivity index (χ2v) is 8.01. The maximum absolute atomic E-state index is 13.0. The third kappa shape index (κ3) is 7.02. The summed E-state index contributed by atoms with van der Waals surface area (Å²) in [6.07, 6.45) is -2.10. The van der Waals surface area contributed by atoms with E-state index in [4.69, 9.17) is 4.74 Å². The number of hydrogen-bond acceptors (Lipinski definition) is 2. The van der Waals surface area contributed by atoms with Gasteiger partial charge in [0.2, 0.25) is 0 Å². The van der Waals surface area contributed by atoms with Gasteiger partial charge in [-0.3, -0.25) is 0 Å². The largest absolute Gasteiger partial charge is 0.573 e. The number of alkyl halides is 3. The molecule has 0 fully saturated rings. The summed E-state index contributed by atoms with van der Waals surface area (Å²) >= 11 is 0. The Morgan fingerprint density at radius 2 is 1.42 bits per heavy atom. The quantitative estimate of drug-likeness (QED) is 0.338.